The monoisotopic (exact) mass is 345 g/mol. The van der Waals surface area contributed by atoms with Crippen LogP contribution in [0.2, 0.25) is 0 Å². The Labute approximate surface area is 146 Å². The fourth-order valence-corrected chi connectivity index (χ4v) is 3.55. The molecule has 2 aromatic rings. The van der Waals surface area contributed by atoms with Gasteiger partial charge in [-0.05, 0) is 60.0 Å². The number of carbonyl (C=O) groups excluding carboxylic acids is 1. The van der Waals surface area contributed by atoms with E-state index in [0.717, 1.165) is 37.5 Å². The smallest absolute Gasteiger partial charge is 0.319 e. The van der Waals surface area contributed by atoms with E-state index < -0.39 is 0 Å². The van der Waals surface area contributed by atoms with Gasteiger partial charge in [-0.15, -0.1) is 0 Å². The molecule has 0 saturated carbocycles. The number of amides is 2. The molecule has 0 radical (unpaired) electrons. The maximum atomic E-state index is 12.1. The molecule has 1 saturated heterocycles. The largest absolute Gasteiger partial charge is 0.494 e. The molecule has 2 N–H and O–H groups in total. The molecule has 1 aliphatic rings. The predicted octanol–water partition coefficient (Wildman–Crippen LogP) is 3.54. The van der Waals surface area contributed by atoms with Crippen LogP contribution in [0.3, 0.4) is 0 Å². The van der Waals surface area contributed by atoms with Gasteiger partial charge in [0.15, 0.2) is 0 Å². The molecule has 1 aromatic heterocycles. The van der Waals surface area contributed by atoms with E-state index in [9.17, 15) is 4.79 Å². The zero-order valence-electron chi connectivity index (χ0n) is 13.8. The lowest BCUT2D eigenvalue weighted by atomic mass is 10.2. The first-order chi connectivity index (χ1) is 11.7. The minimum absolute atomic E-state index is 0.151. The summed E-state index contributed by atoms with van der Waals surface area (Å²) in [6, 6.07) is 9.62. The molecule has 6 heteroatoms. The third-order valence-corrected chi connectivity index (χ3v) is 4.75. The number of carbonyl (C=O) groups is 1. The molecule has 0 unspecified atom stereocenters. The van der Waals surface area contributed by atoms with Gasteiger partial charge < -0.3 is 15.4 Å². The molecule has 2 amide bonds. The van der Waals surface area contributed by atoms with Crippen molar-refractivity contribution in [3.05, 3.63) is 46.7 Å². The Morgan fingerprint density at radius 1 is 1.33 bits per heavy atom. The Kier molecular flexibility index (Phi) is 5.72. The van der Waals surface area contributed by atoms with Crippen molar-refractivity contribution in [2.24, 2.45) is 0 Å². The van der Waals surface area contributed by atoms with Crippen LogP contribution in [0.4, 0.5) is 10.5 Å². The summed E-state index contributed by atoms with van der Waals surface area (Å²) in [7, 11) is 0. The highest BCUT2D eigenvalue weighted by Gasteiger charge is 2.23. The number of rotatable bonds is 6. The first kappa shape index (κ1) is 16.8. The number of nitrogens with zero attached hydrogens (tertiary/aromatic N) is 1. The normalized spacial score (nSPS) is 17.6. The van der Waals surface area contributed by atoms with Gasteiger partial charge in [-0.3, -0.25) is 4.90 Å². The Morgan fingerprint density at radius 2 is 2.17 bits per heavy atom. The van der Waals surface area contributed by atoms with Crippen LogP contribution in [-0.4, -0.2) is 36.7 Å². The summed E-state index contributed by atoms with van der Waals surface area (Å²) in [6.45, 7) is 5.46. The highest BCUT2D eigenvalue weighted by atomic mass is 32.1. The molecule has 0 aliphatic carbocycles. The average molecular weight is 345 g/mol. The number of thiophene rings is 1. The fraction of sp³-hybridized carbons (Fsp3) is 0.389. The number of nitrogens with one attached hydrogen (secondary N) is 2. The van der Waals surface area contributed by atoms with Crippen LogP contribution in [0.1, 0.15) is 18.9 Å². The van der Waals surface area contributed by atoms with E-state index in [1.165, 1.54) is 5.56 Å². The maximum absolute atomic E-state index is 12.1. The Balaban J connectivity index is 1.43. The highest BCUT2D eigenvalue weighted by molar-refractivity contribution is 7.07. The summed E-state index contributed by atoms with van der Waals surface area (Å²) in [5, 5.41) is 10.2. The minimum atomic E-state index is -0.151. The zero-order valence-corrected chi connectivity index (χ0v) is 14.6. The summed E-state index contributed by atoms with van der Waals surface area (Å²) in [5.41, 5.74) is 2.11. The standard InChI is InChI=1S/C18H23N3O2S/c1-2-23-17-5-3-15(4-6-17)19-18(22)20-16-7-9-21(12-16)11-14-8-10-24-13-14/h3-6,8,10,13,16H,2,7,9,11-12H2,1H3,(H2,19,20,22)/t16-/m1/s1. The lowest BCUT2D eigenvalue weighted by Crippen LogP contribution is -2.39. The number of hydrogen-bond acceptors (Lipinski definition) is 4. The van der Waals surface area contributed by atoms with E-state index >= 15 is 0 Å². The number of anilines is 1. The SMILES string of the molecule is CCOc1ccc(NC(=O)N[C@@H]2CCN(Cc3ccsc3)C2)cc1. The van der Waals surface area contributed by atoms with Gasteiger partial charge in [-0.1, -0.05) is 0 Å². The van der Waals surface area contributed by atoms with Crippen molar-refractivity contribution in [3.8, 4) is 5.75 Å². The Hall–Kier alpha value is -2.05. The van der Waals surface area contributed by atoms with E-state index in [-0.39, 0.29) is 12.1 Å². The van der Waals surface area contributed by atoms with Gasteiger partial charge in [0.2, 0.25) is 0 Å². The highest BCUT2D eigenvalue weighted by Crippen LogP contribution is 2.17. The summed E-state index contributed by atoms with van der Waals surface area (Å²) < 4.78 is 5.40. The van der Waals surface area contributed by atoms with Crippen LogP contribution >= 0.6 is 11.3 Å². The molecule has 2 heterocycles. The van der Waals surface area contributed by atoms with Crippen molar-refractivity contribution in [3.63, 3.8) is 0 Å². The van der Waals surface area contributed by atoms with Crippen LogP contribution < -0.4 is 15.4 Å². The molecule has 24 heavy (non-hydrogen) atoms. The van der Waals surface area contributed by atoms with Gasteiger partial charge in [-0.25, -0.2) is 4.79 Å². The van der Waals surface area contributed by atoms with Gasteiger partial charge in [0, 0.05) is 31.4 Å². The number of likely N-dealkylation sites (tertiary alicyclic amines) is 1. The second-order valence-corrected chi connectivity index (χ2v) is 6.69. The lowest BCUT2D eigenvalue weighted by Gasteiger charge is -2.16. The number of ether oxygens (including phenoxy) is 1. The molecule has 1 aliphatic heterocycles. The first-order valence-electron chi connectivity index (χ1n) is 8.26. The van der Waals surface area contributed by atoms with Crippen molar-refractivity contribution < 1.29 is 9.53 Å². The van der Waals surface area contributed by atoms with E-state index in [0.29, 0.717) is 6.61 Å². The van der Waals surface area contributed by atoms with Gasteiger partial charge >= 0.3 is 6.03 Å². The van der Waals surface area contributed by atoms with Crippen LogP contribution in [0, 0.1) is 0 Å². The van der Waals surface area contributed by atoms with Crippen LogP contribution in [0.15, 0.2) is 41.1 Å². The van der Waals surface area contributed by atoms with Crippen molar-refractivity contribution in [1.82, 2.24) is 10.2 Å². The first-order valence-corrected chi connectivity index (χ1v) is 9.21. The fourth-order valence-electron chi connectivity index (χ4n) is 2.89. The molecular weight excluding hydrogens is 322 g/mol. The van der Waals surface area contributed by atoms with Crippen LogP contribution in [0.5, 0.6) is 5.75 Å². The summed E-state index contributed by atoms with van der Waals surface area (Å²) in [4.78, 5) is 14.5. The van der Waals surface area contributed by atoms with Crippen LogP contribution in [0.25, 0.3) is 0 Å². The maximum Gasteiger partial charge on any atom is 0.319 e. The second-order valence-electron chi connectivity index (χ2n) is 5.91. The number of urea groups is 1. The molecule has 1 aromatic carbocycles. The van der Waals surface area contributed by atoms with Crippen molar-refractivity contribution >= 4 is 23.1 Å². The van der Waals surface area contributed by atoms with Gasteiger partial charge in [0.1, 0.15) is 5.75 Å². The van der Waals surface area contributed by atoms with Gasteiger partial charge in [0.05, 0.1) is 6.61 Å². The minimum Gasteiger partial charge on any atom is -0.494 e. The Morgan fingerprint density at radius 3 is 2.88 bits per heavy atom. The second kappa shape index (κ2) is 8.17. The molecule has 0 bridgehead atoms. The quantitative estimate of drug-likeness (QED) is 0.842. The third kappa shape index (κ3) is 4.72. The molecule has 5 nitrogen and oxygen atoms in total. The molecular formula is C18H23N3O2S. The van der Waals surface area contributed by atoms with E-state index in [1.807, 2.05) is 31.2 Å². The topological polar surface area (TPSA) is 53.6 Å². The lowest BCUT2D eigenvalue weighted by molar-refractivity contribution is 0.247. The average Bonchev–Trinajstić information content (AvgIpc) is 3.22. The molecule has 3 rings (SSSR count). The predicted molar refractivity (Wildman–Crippen MR) is 97.8 cm³/mol. The number of hydrogen-bond donors (Lipinski definition) is 2. The van der Waals surface area contributed by atoms with E-state index in [4.69, 9.17) is 4.74 Å². The van der Waals surface area contributed by atoms with Crippen molar-refractivity contribution in [2.75, 3.05) is 25.0 Å². The Bertz CT molecular complexity index is 643. The van der Waals surface area contributed by atoms with E-state index in [2.05, 4.69) is 32.4 Å². The van der Waals surface area contributed by atoms with Crippen molar-refractivity contribution in [2.45, 2.75) is 25.9 Å². The zero-order chi connectivity index (χ0) is 16.8. The van der Waals surface area contributed by atoms with Gasteiger partial charge in [0.25, 0.3) is 0 Å². The summed E-state index contributed by atoms with van der Waals surface area (Å²) >= 11 is 1.72. The third-order valence-electron chi connectivity index (χ3n) is 4.02. The molecule has 0 spiro atoms. The van der Waals surface area contributed by atoms with E-state index in [1.54, 1.807) is 11.3 Å². The molecule has 1 atom stereocenters. The van der Waals surface area contributed by atoms with Gasteiger partial charge in [-0.2, -0.15) is 11.3 Å². The molecule has 1 fully saturated rings. The summed E-state index contributed by atoms with van der Waals surface area (Å²) in [6.07, 6.45) is 0.987. The molecule has 128 valence electrons. The number of benzene rings is 1. The van der Waals surface area contributed by atoms with Crippen molar-refractivity contribution in [1.29, 1.82) is 0 Å². The van der Waals surface area contributed by atoms with Crippen LogP contribution in [-0.2, 0) is 6.54 Å². The summed E-state index contributed by atoms with van der Waals surface area (Å²) in [5.74, 6) is 0.809.